The van der Waals surface area contributed by atoms with Gasteiger partial charge in [0.2, 0.25) is 0 Å². The van der Waals surface area contributed by atoms with Gasteiger partial charge in [-0.15, -0.1) is 0 Å². The number of fused-ring (bicyclic) bond motifs is 2. The highest BCUT2D eigenvalue weighted by Gasteiger charge is 2.19. The lowest BCUT2D eigenvalue weighted by atomic mass is 10.0. The molecule has 0 bridgehead atoms. The number of nitrogens with two attached hydrogens (primary N) is 1. The lowest BCUT2D eigenvalue weighted by molar-refractivity contribution is 0.692. The molecule has 2 N–H and O–H groups in total. The molecule has 0 spiro atoms. The van der Waals surface area contributed by atoms with Crippen LogP contribution in [0, 0.1) is 6.92 Å². The normalized spacial score (nSPS) is 14.3. The van der Waals surface area contributed by atoms with Gasteiger partial charge in [0.05, 0.1) is 10.2 Å². The molecule has 2 heterocycles. The van der Waals surface area contributed by atoms with E-state index in [1.807, 2.05) is 0 Å². The van der Waals surface area contributed by atoms with Crippen LogP contribution in [0.1, 0.15) is 23.1 Å². The average molecular weight is 309 g/mol. The highest BCUT2D eigenvalue weighted by molar-refractivity contribution is 7.22. The molecule has 1 aromatic heterocycles. The summed E-state index contributed by atoms with van der Waals surface area (Å²) in [5.74, 6) is 0. The molecule has 22 heavy (non-hydrogen) atoms. The van der Waals surface area contributed by atoms with Crippen LogP contribution in [0.25, 0.3) is 10.2 Å². The van der Waals surface area contributed by atoms with E-state index in [0.717, 1.165) is 25.0 Å². The van der Waals surface area contributed by atoms with Crippen LogP contribution in [0.2, 0.25) is 0 Å². The number of hydrogen-bond acceptors (Lipinski definition) is 4. The SMILES string of the molecule is Cc1ccc(CN2CCCc3cc4sc(N)nc4cc32)cc1. The Hall–Kier alpha value is -2.07. The van der Waals surface area contributed by atoms with Crippen molar-refractivity contribution >= 4 is 32.4 Å². The molecule has 3 nitrogen and oxygen atoms in total. The Bertz CT molecular complexity index is 820. The second-order valence-electron chi connectivity index (χ2n) is 6.01. The molecule has 0 amide bonds. The standard InChI is InChI=1S/C18H19N3S/c1-12-4-6-13(7-5-12)11-21-8-2-3-14-9-17-15(10-16(14)21)20-18(19)22-17/h4-7,9-10H,2-3,8,11H2,1H3,(H2,19,20). The smallest absolute Gasteiger partial charge is 0.181 e. The van der Waals surface area contributed by atoms with E-state index >= 15 is 0 Å². The van der Waals surface area contributed by atoms with Gasteiger partial charge in [-0.25, -0.2) is 4.98 Å². The predicted molar refractivity (Wildman–Crippen MR) is 94.6 cm³/mol. The molecule has 0 saturated heterocycles. The minimum Gasteiger partial charge on any atom is -0.375 e. The summed E-state index contributed by atoms with van der Waals surface area (Å²) < 4.78 is 1.20. The third kappa shape index (κ3) is 2.44. The topological polar surface area (TPSA) is 42.1 Å². The van der Waals surface area contributed by atoms with Gasteiger partial charge >= 0.3 is 0 Å². The maximum absolute atomic E-state index is 5.86. The summed E-state index contributed by atoms with van der Waals surface area (Å²) in [5, 5.41) is 0.655. The van der Waals surface area contributed by atoms with E-state index < -0.39 is 0 Å². The fraction of sp³-hybridized carbons (Fsp3) is 0.278. The van der Waals surface area contributed by atoms with Crippen LogP contribution in [0.4, 0.5) is 10.8 Å². The zero-order valence-corrected chi connectivity index (χ0v) is 13.5. The fourth-order valence-electron chi connectivity index (χ4n) is 3.18. The summed E-state index contributed by atoms with van der Waals surface area (Å²) in [5.41, 5.74) is 12.3. The van der Waals surface area contributed by atoms with Crippen molar-refractivity contribution in [1.29, 1.82) is 0 Å². The number of benzene rings is 2. The Balaban J connectivity index is 1.71. The van der Waals surface area contributed by atoms with Crippen LogP contribution in [-0.4, -0.2) is 11.5 Å². The van der Waals surface area contributed by atoms with Gasteiger partial charge in [-0.05, 0) is 43.0 Å². The Morgan fingerprint density at radius 3 is 2.86 bits per heavy atom. The maximum atomic E-state index is 5.86. The molecule has 3 aromatic rings. The Labute approximate surface area is 134 Å². The van der Waals surface area contributed by atoms with Gasteiger partial charge in [0.25, 0.3) is 0 Å². The Morgan fingerprint density at radius 2 is 2.05 bits per heavy atom. The average Bonchev–Trinajstić information content (AvgIpc) is 2.87. The molecule has 1 aliphatic rings. The molecule has 0 aliphatic carbocycles. The highest BCUT2D eigenvalue weighted by atomic mass is 32.1. The molecular formula is C18H19N3S. The number of anilines is 2. The molecule has 0 unspecified atom stereocenters. The first-order chi connectivity index (χ1) is 10.7. The van der Waals surface area contributed by atoms with Gasteiger partial charge in [-0.1, -0.05) is 41.2 Å². The van der Waals surface area contributed by atoms with Crippen LogP contribution < -0.4 is 10.6 Å². The monoisotopic (exact) mass is 309 g/mol. The number of aryl methyl sites for hydroxylation is 2. The van der Waals surface area contributed by atoms with Crippen LogP contribution in [0.5, 0.6) is 0 Å². The third-order valence-corrected chi connectivity index (χ3v) is 5.16. The van der Waals surface area contributed by atoms with Gasteiger partial charge < -0.3 is 10.6 Å². The molecule has 0 atom stereocenters. The molecule has 2 aromatic carbocycles. The van der Waals surface area contributed by atoms with Crippen LogP contribution in [0.3, 0.4) is 0 Å². The van der Waals surface area contributed by atoms with Crippen molar-refractivity contribution in [2.75, 3.05) is 17.2 Å². The van der Waals surface area contributed by atoms with Gasteiger partial charge in [-0.2, -0.15) is 0 Å². The predicted octanol–water partition coefficient (Wildman–Crippen LogP) is 4.14. The summed E-state index contributed by atoms with van der Waals surface area (Å²) in [4.78, 5) is 6.91. The summed E-state index contributed by atoms with van der Waals surface area (Å²) in [7, 11) is 0. The largest absolute Gasteiger partial charge is 0.375 e. The Kier molecular flexibility index (Phi) is 3.26. The van der Waals surface area contributed by atoms with E-state index in [2.05, 4.69) is 53.2 Å². The van der Waals surface area contributed by atoms with Crippen molar-refractivity contribution in [1.82, 2.24) is 4.98 Å². The first kappa shape index (κ1) is 13.6. The lowest BCUT2D eigenvalue weighted by Crippen LogP contribution is -2.28. The molecule has 1 aliphatic heterocycles. The summed E-state index contributed by atoms with van der Waals surface area (Å²) in [6.07, 6.45) is 2.35. The van der Waals surface area contributed by atoms with E-state index in [4.69, 9.17) is 5.73 Å². The number of hydrogen-bond donors (Lipinski definition) is 1. The van der Waals surface area contributed by atoms with Gasteiger partial charge in [0.1, 0.15) is 0 Å². The number of aromatic nitrogens is 1. The molecule has 4 rings (SSSR count). The summed E-state index contributed by atoms with van der Waals surface area (Å²) in [6.45, 7) is 4.19. The van der Waals surface area contributed by atoms with E-state index in [1.54, 1.807) is 11.3 Å². The second-order valence-corrected chi connectivity index (χ2v) is 7.07. The van der Waals surface area contributed by atoms with Crippen LogP contribution >= 0.6 is 11.3 Å². The van der Waals surface area contributed by atoms with E-state index in [-0.39, 0.29) is 0 Å². The van der Waals surface area contributed by atoms with Crippen LogP contribution in [-0.2, 0) is 13.0 Å². The van der Waals surface area contributed by atoms with E-state index in [0.29, 0.717) is 5.13 Å². The minimum atomic E-state index is 0.655. The summed E-state index contributed by atoms with van der Waals surface area (Å²) in [6, 6.07) is 13.3. The Morgan fingerprint density at radius 1 is 1.23 bits per heavy atom. The molecule has 0 fully saturated rings. The molecular weight excluding hydrogens is 290 g/mol. The van der Waals surface area contributed by atoms with Crippen molar-refractivity contribution in [3.8, 4) is 0 Å². The van der Waals surface area contributed by atoms with Gasteiger partial charge in [0.15, 0.2) is 5.13 Å². The fourth-order valence-corrected chi connectivity index (χ4v) is 3.96. The van der Waals surface area contributed by atoms with E-state index in [9.17, 15) is 0 Å². The van der Waals surface area contributed by atoms with Crippen LogP contribution in [0.15, 0.2) is 36.4 Å². The number of nitrogen functional groups attached to an aromatic ring is 1. The van der Waals surface area contributed by atoms with Crippen molar-refractivity contribution in [3.63, 3.8) is 0 Å². The molecule has 0 radical (unpaired) electrons. The van der Waals surface area contributed by atoms with Gasteiger partial charge in [0, 0.05) is 18.8 Å². The maximum Gasteiger partial charge on any atom is 0.181 e. The first-order valence-electron chi connectivity index (χ1n) is 7.68. The zero-order valence-electron chi connectivity index (χ0n) is 12.7. The second kappa shape index (κ2) is 5.29. The van der Waals surface area contributed by atoms with Crippen molar-refractivity contribution in [2.24, 2.45) is 0 Å². The van der Waals surface area contributed by atoms with Crippen molar-refractivity contribution < 1.29 is 0 Å². The molecule has 4 heteroatoms. The van der Waals surface area contributed by atoms with Gasteiger partial charge in [-0.3, -0.25) is 0 Å². The number of rotatable bonds is 2. The van der Waals surface area contributed by atoms with Crippen molar-refractivity contribution in [2.45, 2.75) is 26.3 Å². The number of thiazole rings is 1. The third-order valence-electron chi connectivity index (χ3n) is 4.31. The molecule has 112 valence electrons. The summed E-state index contributed by atoms with van der Waals surface area (Å²) >= 11 is 1.58. The van der Waals surface area contributed by atoms with E-state index in [1.165, 1.54) is 33.5 Å². The quantitative estimate of drug-likeness (QED) is 0.773. The highest BCUT2D eigenvalue weighted by Crippen LogP contribution is 2.35. The minimum absolute atomic E-state index is 0.655. The molecule has 0 saturated carbocycles. The zero-order chi connectivity index (χ0) is 15.1. The van der Waals surface area contributed by atoms with Crippen molar-refractivity contribution in [3.05, 3.63) is 53.1 Å². The first-order valence-corrected chi connectivity index (χ1v) is 8.50. The lowest BCUT2D eigenvalue weighted by Gasteiger charge is -2.31. The number of nitrogens with zero attached hydrogens (tertiary/aromatic N) is 2.